The van der Waals surface area contributed by atoms with Gasteiger partial charge in [-0.3, -0.25) is 0 Å². The average molecular weight is 822 g/mol. The van der Waals surface area contributed by atoms with E-state index in [0.29, 0.717) is 5.56 Å². The summed E-state index contributed by atoms with van der Waals surface area (Å²) in [4.78, 5) is 4.60. The van der Waals surface area contributed by atoms with Crippen LogP contribution in [0.15, 0.2) is 247 Å². The van der Waals surface area contributed by atoms with Crippen molar-refractivity contribution in [2.75, 3.05) is 9.80 Å². The number of fused-ring (bicyclic) bond motifs is 13. The van der Waals surface area contributed by atoms with Crippen LogP contribution in [0.1, 0.15) is 29.1 Å². The fourth-order valence-electron chi connectivity index (χ4n) is 10.5. The fraction of sp³-hybridized carbons (Fsp3) is 0.0164. The Morgan fingerprint density at radius 3 is 1.50 bits per heavy atom. The molecule has 13 rings (SSSR count). The van der Waals surface area contributed by atoms with Gasteiger partial charge in [0.05, 0.1) is 23.3 Å². The lowest BCUT2D eigenvalue weighted by molar-refractivity contribution is 0.669. The van der Waals surface area contributed by atoms with Gasteiger partial charge in [-0.1, -0.05) is 164 Å². The second-order valence-corrected chi connectivity index (χ2v) is 16.4. The van der Waals surface area contributed by atoms with Crippen molar-refractivity contribution in [3.63, 3.8) is 0 Å². The summed E-state index contributed by atoms with van der Waals surface area (Å²) in [6.07, 6.45) is 0. The van der Waals surface area contributed by atoms with E-state index in [4.69, 9.17) is 11.3 Å². The van der Waals surface area contributed by atoms with Crippen LogP contribution >= 0.6 is 0 Å². The van der Waals surface area contributed by atoms with E-state index in [2.05, 4.69) is 168 Å². The van der Waals surface area contributed by atoms with E-state index >= 15 is 0 Å². The highest BCUT2D eigenvalue weighted by Gasteiger charge is 2.52. The Morgan fingerprint density at radius 1 is 0.359 bits per heavy atom. The lowest BCUT2D eigenvalue weighted by Gasteiger charge is -2.33. The zero-order chi connectivity index (χ0) is 46.5. The third-order valence-electron chi connectivity index (χ3n) is 13.1. The highest BCUT2D eigenvalue weighted by Crippen LogP contribution is 2.64. The summed E-state index contributed by atoms with van der Waals surface area (Å²) < 4.78 is 49.0. The minimum atomic E-state index is -0.687. The van der Waals surface area contributed by atoms with Crippen molar-refractivity contribution in [1.82, 2.24) is 0 Å². The van der Waals surface area contributed by atoms with E-state index in [-0.39, 0.29) is 29.7 Å². The van der Waals surface area contributed by atoms with Crippen molar-refractivity contribution in [3.8, 4) is 33.4 Å². The van der Waals surface area contributed by atoms with E-state index in [1.807, 2.05) is 54.6 Å². The second kappa shape index (κ2) is 14.3. The van der Waals surface area contributed by atoms with Crippen LogP contribution in [-0.4, -0.2) is 0 Å². The zero-order valence-corrected chi connectivity index (χ0v) is 34.5. The van der Waals surface area contributed by atoms with E-state index in [9.17, 15) is 0 Å². The van der Waals surface area contributed by atoms with Crippen molar-refractivity contribution < 1.29 is 11.3 Å². The molecule has 300 valence electrons. The molecule has 10 aromatic carbocycles. The molecule has 1 aromatic heterocycles. The molecule has 2 aliphatic carbocycles. The number of rotatable bonds is 7. The van der Waals surface area contributed by atoms with Gasteiger partial charge in [-0.25, -0.2) is 0 Å². The lowest BCUT2D eigenvalue weighted by Crippen LogP contribution is -2.26. The Kier molecular flexibility index (Phi) is 7.04. The van der Waals surface area contributed by atoms with Crippen molar-refractivity contribution in [1.29, 1.82) is 0 Å². The van der Waals surface area contributed by atoms with Crippen molar-refractivity contribution in [3.05, 3.63) is 265 Å². The highest BCUT2D eigenvalue weighted by atomic mass is 16.3. The number of anilines is 6. The highest BCUT2D eigenvalue weighted by molar-refractivity contribution is 6.13. The summed E-state index contributed by atoms with van der Waals surface area (Å²) in [5.74, 6) is 0. The van der Waals surface area contributed by atoms with Crippen LogP contribution in [0.3, 0.4) is 0 Å². The predicted molar refractivity (Wildman–Crippen MR) is 265 cm³/mol. The number of benzene rings is 10. The molecule has 1 heterocycles. The van der Waals surface area contributed by atoms with E-state index in [0.717, 1.165) is 61.6 Å². The summed E-state index contributed by atoms with van der Waals surface area (Å²) in [5, 5.41) is 1.95. The van der Waals surface area contributed by atoms with Gasteiger partial charge in [0.15, 0.2) is 0 Å². The Morgan fingerprint density at radius 2 is 0.859 bits per heavy atom. The zero-order valence-electron chi connectivity index (χ0n) is 39.5. The van der Waals surface area contributed by atoms with Crippen molar-refractivity contribution in [2.24, 2.45) is 0 Å². The minimum absolute atomic E-state index is 0.162. The minimum Gasteiger partial charge on any atom is -0.456 e. The third kappa shape index (κ3) is 5.34. The Bertz CT molecular complexity index is 3790. The van der Waals surface area contributed by atoms with Crippen LogP contribution in [-0.2, 0) is 5.41 Å². The smallest absolute Gasteiger partial charge is 0.137 e. The molecule has 0 amide bonds. The fourth-order valence-corrected chi connectivity index (χ4v) is 10.5. The standard InChI is InChI=1S/C61H40N2O/c1-4-17-41(18-5-1)42-31-33-45(34-32-42)63(57-28-16-30-59-60(57)52-25-12-15-29-58(52)64-59)47-36-38-51-49-24-11-14-27-54(49)61(56(51)40-47)53-26-13-10-23-48(53)50-37-35-46(39-55(50)61)62(43-19-6-2-7-20-43)44-21-8-3-9-22-44/h1-40H/i1D,4D,5D,17D,18D. The number of furan rings is 1. The molecule has 0 radical (unpaired) electrons. The van der Waals surface area contributed by atoms with Gasteiger partial charge in [-0.15, -0.1) is 0 Å². The van der Waals surface area contributed by atoms with Gasteiger partial charge in [-0.05, 0) is 134 Å². The van der Waals surface area contributed by atoms with Gasteiger partial charge in [0.2, 0.25) is 0 Å². The molecule has 0 aliphatic heterocycles. The maximum absolute atomic E-state index is 8.77. The summed E-state index contributed by atoms with van der Waals surface area (Å²) in [5.41, 5.74) is 17.0. The summed E-state index contributed by atoms with van der Waals surface area (Å²) >= 11 is 0. The SMILES string of the molecule is [2H]c1c([2H])c([2H])c(-c2ccc(N(c3ccc4c(c3)C3(c5ccccc5-c5ccc(N(c6ccccc6)c6ccccc6)cc53)c3ccccc3-4)c3cccc4oc5ccccc5c34)cc2)c([2H])c1[2H]. The number of hydrogen-bond acceptors (Lipinski definition) is 3. The van der Waals surface area contributed by atoms with Crippen molar-refractivity contribution >= 4 is 56.1 Å². The molecule has 64 heavy (non-hydrogen) atoms. The number of hydrogen-bond donors (Lipinski definition) is 0. The van der Waals surface area contributed by atoms with Gasteiger partial charge in [0.1, 0.15) is 11.2 Å². The van der Waals surface area contributed by atoms with Crippen LogP contribution in [0.4, 0.5) is 34.1 Å². The molecule has 1 unspecified atom stereocenters. The molecule has 3 nitrogen and oxygen atoms in total. The molecular weight excluding hydrogens is 777 g/mol. The summed E-state index contributed by atoms with van der Waals surface area (Å²) in [7, 11) is 0. The molecule has 1 spiro atoms. The molecule has 0 saturated heterocycles. The first-order valence-corrected chi connectivity index (χ1v) is 21.6. The predicted octanol–water partition coefficient (Wildman–Crippen LogP) is 16.5. The average Bonchev–Trinajstić information content (AvgIpc) is 4.03. The van der Waals surface area contributed by atoms with E-state index in [1.165, 1.54) is 38.9 Å². The van der Waals surface area contributed by atoms with Crippen LogP contribution in [0.2, 0.25) is 0 Å². The van der Waals surface area contributed by atoms with E-state index < -0.39 is 11.5 Å². The lowest BCUT2D eigenvalue weighted by atomic mass is 9.70. The van der Waals surface area contributed by atoms with Crippen LogP contribution < -0.4 is 9.80 Å². The van der Waals surface area contributed by atoms with Crippen LogP contribution in [0, 0.1) is 0 Å². The topological polar surface area (TPSA) is 19.6 Å². The normalized spacial score (nSPS) is 15.4. The monoisotopic (exact) mass is 821 g/mol. The molecule has 0 bridgehead atoms. The Labute approximate surface area is 379 Å². The molecule has 3 heteroatoms. The van der Waals surface area contributed by atoms with Gasteiger partial charge in [0, 0.05) is 33.8 Å². The molecule has 2 aliphatic rings. The molecule has 0 N–H and O–H groups in total. The largest absolute Gasteiger partial charge is 0.456 e. The van der Waals surface area contributed by atoms with Gasteiger partial charge in [-0.2, -0.15) is 0 Å². The quantitative estimate of drug-likeness (QED) is 0.160. The summed E-state index contributed by atoms with van der Waals surface area (Å²) in [6, 6.07) is 72.9. The number of nitrogens with zero attached hydrogens (tertiary/aromatic N) is 2. The molecule has 0 fully saturated rings. The van der Waals surface area contributed by atoms with Crippen molar-refractivity contribution in [2.45, 2.75) is 5.41 Å². The molecule has 11 aromatic rings. The molecule has 1 atom stereocenters. The summed E-state index contributed by atoms with van der Waals surface area (Å²) in [6.45, 7) is 0. The maximum Gasteiger partial charge on any atom is 0.137 e. The first kappa shape index (κ1) is 31.4. The van der Waals surface area contributed by atoms with Crippen LogP contribution in [0.25, 0.3) is 55.3 Å². The maximum atomic E-state index is 8.77. The van der Waals surface area contributed by atoms with E-state index in [1.54, 1.807) is 0 Å². The van der Waals surface area contributed by atoms with Gasteiger partial charge in [0.25, 0.3) is 0 Å². The number of para-hydroxylation sites is 3. The first-order chi connectivity index (χ1) is 33.8. The Hall–Kier alpha value is -8.40. The third-order valence-corrected chi connectivity index (χ3v) is 13.1. The van der Waals surface area contributed by atoms with Gasteiger partial charge < -0.3 is 14.2 Å². The molecular formula is C61H40N2O. The first-order valence-electron chi connectivity index (χ1n) is 24.1. The molecule has 0 saturated carbocycles. The van der Waals surface area contributed by atoms with Crippen LogP contribution in [0.5, 0.6) is 0 Å². The second-order valence-electron chi connectivity index (χ2n) is 16.4. The Balaban J connectivity index is 1.07. The van der Waals surface area contributed by atoms with Gasteiger partial charge >= 0.3 is 0 Å².